The fraction of sp³-hybridized carbons (Fsp3) is 0.318. The largest absolute Gasteiger partial charge is 0.493 e. The lowest BCUT2D eigenvalue weighted by atomic mass is 10.1. The number of anilines is 1. The fourth-order valence-electron chi connectivity index (χ4n) is 3.32. The van der Waals surface area contributed by atoms with Crippen molar-refractivity contribution in [2.75, 3.05) is 40.2 Å². The Hall–Kier alpha value is -3.10. The van der Waals surface area contributed by atoms with Crippen molar-refractivity contribution in [1.29, 1.82) is 0 Å². The first-order chi connectivity index (χ1) is 14.4. The summed E-state index contributed by atoms with van der Waals surface area (Å²) >= 11 is 0. The molecule has 0 fully saturated rings. The van der Waals surface area contributed by atoms with Crippen molar-refractivity contribution < 1.29 is 19.1 Å². The van der Waals surface area contributed by atoms with Gasteiger partial charge in [0, 0.05) is 43.5 Å². The third kappa shape index (κ3) is 5.96. The highest BCUT2D eigenvalue weighted by Crippen LogP contribution is 2.31. The summed E-state index contributed by atoms with van der Waals surface area (Å²) in [5.74, 6) is 1.57. The number of carbonyl (C=O) groups excluding carboxylic acids is 2. The van der Waals surface area contributed by atoms with Crippen LogP contribution in [-0.2, 0) is 22.7 Å². The van der Waals surface area contributed by atoms with E-state index in [1.165, 1.54) is 6.08 Å². The van der Waals surface area contributed by atoms with Gasteiger partial charge in [0.25, 0.3) is 0 Å². The average molecular weight is 447 g/mol. The second-order valence-corrected chi connectivity index (χ2v) is 7.18. The Kier molecular flexibility index (Phi) is 8.41. The van der Waals surface area contributed by atoms with E-state index in [2.05, 4.69) is 10.3 Å². The maximum absolute atomic E-state index is 12.6. The van der Waals surface area contributed by atoms with Crippen LogP contribution < -0.4 is 14.8 Å². The molecule has 0 aliphatic carbocycles. The van der Waals surface area contributed by atoms with Crippen molar-refractivity contribution in [3.8, 4) is 11.5 Å². The van der Waals surface area contributed by atoms with Crippen LogP contribution in [0.3, 0.4) is 0 Å². The van der Waals surface area contributed by atoms with Gasteiger partial charge in [0.15, 0.2) is 11.5 Å². The first-order valence-electron chi connectivity index (χ1n) is 9.51. The first-order valence-corrected chi connectivity index (χ1v) is 9.51. The molecule has 1 aromatic heterocycles. The van der Waals surface area contributed by atoms with Gasteiger partial charge in [0.05, 0.1) is 20.8 Å². The number of ether oxygens (including phenoxy) is 2. The van der Waals surface area contributed by atoms with Crippen molar-refractivity contribution in [1.82, 2.24) is 14.8 Å². The highest BCUT2D eigenvalue weighted by atomic mass is 35.5. The number of carbonyl (C=O) groups is 2. The number of fused-ring (bicyclic) bond motifs is 1. The van der Waals surface area contributed by atoms with E-state index in [-0.39, 0.29) is 24.2 Å². The summed E-state index contributed by atoms with van der Waals surface area (Å²) in [6.45, 7) is 1.30. The Labute approximate surface area is 188 Å². The van der Waals surface area contributed by atoms with E-state index in [0.29, 0.717) is 37.0 Å². The van der Waals surface area contributed by atoms with E-state index < -0.39 is 0 Å². The Morgan fingerprint density at radius 3 is 2.77 bits per heavy atom. The van der Waals surface area contributed by atoms with Gasteiger partial charge in [-0.15, -0.1) is 12.4 Å². The number of para-hydroxylation sites is 1. The van der Waals surface area contributed by atoms with E-state index in [4.69, 9.17) is 9.47 Å². The van der Waals surface area contributed by atoms with Gasteiger partial charge in [-0.05, 0) is 30.8 Å². The SMILES string of the molecule is COc1cccc(CN(C)C(=O)/C=C/c2cnc3c(c2)CN(C)CC(=O)N3)c1OC.Cl. The van der Waals surface area contributed by atoms with Crippen molar-refractivity contribution in [2.45, 2.75) is 13.1 Å². The van der Waals surface area contributed by atoms with Crippen LogP contribution in [0.15, 0.2) is 36.5 Å². The van der Waals surface area contributed by atoms with E-state index in [9.17, 15) is 9.59 Å². The molecule has 0 unspecified atom stereocenters. The van der Waals surface area contributed by atoms with Crippen LogP contribution >= 0.6 is 12.4 Å². The van der Waals surface area contributed by atoms with Gasteiger partial charge >= 0.3 is 0 Å². The van der Waals surface area contributed by atoms with Crippen LogP contribution in [-0.4, -0.2) is 61.5 Å². The van der Waals surface area contributed by atoms with Crippen LogP contribution in [0.4, 0.5) is 5.82 Å². The number of benzene rings is 1. The molecule has 0 radical (unpaired) electrons. The lowest BCUT2D eigenvalue weighted by Crippen LogP contribution is -2.26. The van der Waals surface area contributed by atoms with Crippen LogP contribution in [0.2, 0.25) is 0 Å². The summed E-state index contributed by atoms with van der Waals surface area (Å²) in [5, 5.41) is 2.80. The summed E-state index contributed by atoms with van der Waals surface area (Å²) in [6.07, 6.45) is 4.87. The number of likely N-dealkylation sites (N-methyl/N-ethyl adjacent to an activating group) is 2. The molecular formula is C22H27ClN4O4. The average Bonchev–Trinajstić information content (AvgIpc) is 2.87. The molecule has 0 spiro atoms. The normalized spacial score (nSPS) is 13.6. The van der Waals surface area contributed by atoms with E-state index >= 15 is 0 Å². The molecule has 9 heteroatoms. The predicted octanol–water partition coefficient (Wildman–Crippen LogP) is 2.58. The highest BCUT2D eigenvalue weighted by Gasteiger charge is 2.18. The number of rotatable bonds is 6. The summed E-state index contributed by atoms with van der Waals surface area (Å²) in [5.41, 5.74) is 2.55. The molecule has 2 aromatic rings. The number of methoxy groups -OCH3 is 2. The molecule has 1 aliphatic rings. The Morgan fingerprint density at radius 2 is 2.06 bits per heavy atom. The van der Waals surface area contributed by atoms with Gasteiger partial charge in [-0.25, -0.2) is 4.98 Å². The molecule has 31 heavy (non-hydrogen) atoms. The van der Waals surface area contributed by atoms with Gasteiger partial charge in [-0.3, -0.25) is 14.5 Å². The molecule has 3 rings (SSSR count). The van der Waals surface area contributed by atoms with Gasteiger partial charge in [0.1, 0.15) is 5.82 Å². The molecule has 2 amide bonds. The topological polar surface area (TPSA) is 84.0 Å². The molecule has 0 bridgehead atoms. The third-order valence-electron chi connectivity index (χ3n) is 4.79. The summed E-state index contributed by atoms with van der Waals surface area (Å²) in [6, 6.07) is 7.51. The van der Waals surface area contributed by atoms with Gasteiger partial charge in [-0.2, -0.15) is 0 Å². The zero-order valence-corrected chi connectivity index (χ0v) is 18.9. The number of nitrogens with one attached hydrogen (secondary N) is 1. The minimum absolute atomic E-state index is 0. The van der Waals surface area contributed by atoms with Gasteiger partial charge < -0.3 is 19.7 Å². The number of aromatic nitrogens is 1. The molecule has 1 aromatic carbocycles. The molecular weight excluding hydrogens is 420 g/mol. The van der Waals surface area contributed by atoms with E-state index in [1.807, 2.05) is 36.2 Å². The number of hydrogen-bond acceptors (Lipinski definition) is 6. The number of hydrogen-bond donors (Lipinski definition) is 1. The molecule has 0 saturated heterocycles. The molecule has 0 atom stereocenters. The standard InChI is InChI=1S/C22H26N4O4.ClH/c1-25-12-17-10-15(11-23-22(17)24-19(27)14-25)8-9-20(28)26(2)13-16-6-5-7-18(29-3)21(16)30-4;/h5-11H,12-14H2,1-4H3,(H,23,24,27);1H/b9-8+;. The fourth-order valence-corrected chi connectivity index (χ4v) is 3.32. The quantitative estimate of drug-likeness (QED) is 0.686. The maximum atomic E-state index is 12.6. The van der Waals surface area contributed by atoms with Crippen LogP contribution in [0.1, 0.15) is 16.7 Å². The van der Waals surface area contributed by atoms with Crippen molar-refractivity contribution in [3.63, 3.8) is 0 Å². The number of nitrogens with zero attached hydrogens (tertiary/aromatic N) is 3. The van der Waals surface area contributed by atoms with Gasteiger partial charge in [-0.1, -0.05) is 12.1 Å². The predicted molar refractivity (Wildman–Crippen MR) is 122 cm³/mol. The minimum Gasteiger partial charge on any atom is -0.493 e. The van der Waals surface area contributed by atoms with Gasteiger partial charge in [0.2, 0.25) is 11.8 Å². The van der Waals surface area contributed by atoms with Crippen LogP contribution in [0, 0.1) is 0 Å². The second kappa shape index (κ2) is 10.8. The van der Waals surface area contributed by atoms with Crippen LogP contribution in [0.5, 0.6) is 11.5 Å². The molecule has 1 aliphatic heterocycles. The zero-order chi connectivity index (χ0) is 21.7. The van der Waals surface area contributed by atoms with E-state index in [1.54, 1.807) is 38.4 Å². The number of halogens is 1. The Morgan fingerprint density at radius 1 is 1.29 bits per heavy atom. The third-order valence-corrected chi connectivity index (χ3v) is 4.79. The van der Waals surface area contributed by atoms with E-state index in [0.717, 1.165) is 16.7 Å². The smallest absolute Gasteiger partial charge is 0.246 e. The summed E-state index contributed by atoms with van der Waals surface area (Å²) in [4.78, 5) is 32.2. The maximum Gasteiger partial charge on any atom is 0.246 e. The Balaban J connectivity index is 0.00000341. The first kappa shape index (κ1) is 24.2. The monoisotopic (exact) mass is 446 g/mol. The minimum atomic E-state index is -0.153. The van der Waals surface area contributed by atoms with Crippen LogP contribution in [0.25, 0.3) is 6.08 Å². The molecule has 166 valence electrons. The lowest BCUT2D eigenvalue weighted by molar-refractivity contribution is -0.125. The van der Waals surface area contributed by atoms with Crippen molar-refractivity contribution >= 4 is 36.1 Å². The molecule has 1 N–H and O–H groups in total. The lowest BCUT2D eigenvalue weighted by Gasteiger charge is -2.18. The molecule has 0 saturated carbocycles. The van der Waals surface area contributed by atoms with Crippen molar-refractivity contribution in [2.24, 2.45) is 0 Å². The highest BCUT2D eigenvalue weighted by molar-refractivity contribution is 5.93. The molecule has 2 heterocycles. The summed E-state index contributed by atoms with van der Waals surface area (Å²) < 4.78 is 10.7. The number of amides is 2. The summed E-state index contributed by atoms with van der Waals surface area (Å²) in [7, 11) is 6.76. The Bertz CT molecular complexity index is 980. The molecule has 8 nitrogen and oxygen atoms in total. The number of pyridine rings is 1. The van der Waals surface area contributed by atoms with Crippen molar-refractivity contribution in [3.05, 3.63) is 53.2 Å². The zero-order valence-electron chi connectivity index (χ0n) is 18.0. The second-order valence-electron chi connectivity index (χ2n) is 7.18.